The molecule has 0 N–H and O–H groups in total. The number of rotatable bonds is 3. The summed E-state index contributed by atoms with van der Waals surface area (Å²) in [6, 6.07) is 14.3. The molecule has 0 amide bonds. The average Bonchev–Trinajstić information content (AvgIpc) is 2.66. The number of ether oxygens (including phenoxy) is 1. The lowest BCUT2D eigenvalue weighted by Gasteiger charge is -2.36. The average molecular weight is 364 g/mol. The summed E-state index contributed by atoms with van der Waals surface area (Å²) in [6.07, 6.45) is 0.232. The van der Waals surface area contributed by atoms with Gasteiger partial charge in [0.15, 0.2) is 5.82 Å². The molecule has 0 bridgehead atoms. The molecular weight excluding hydrogens is 344 g/mol. The Morgan fingerprint density at radius 1 is 1.04 bits per heavy atom. The third-order valence-electron chi connectivity index (χ3n) is 4.64. The van der Waals surface area contributed by atoms with E-state index in [-0.39, 0.29) is 17.9 Å². The van der Waals surface area contributed by atoms with Crippen molar-refractivity contribution in [2.45, 2.75) is 26.1 Å². The number of nitro benzene ring substituents is 1. The van der Waals surface area contributed by atoms with Crippen LogP contribution >= 0.6 is 0 Å². The molecule has 0 saturated carbocycles. The van der Waals surface area contributed by atoms with Gasteiger partial charge < -0.3 is 9.64 Å². The van der Waals surface area contributed by atoms with E-state index in [1.165, 1.54) is 12.1 Å². The molecule has 1 fully saturated rings. The zero-order valence-corrected chi connectivity index (χ0v) is 15.2. The van der Waals surface area contributed by atoms with Crippen molar-refractivity contribution < 1.29 is 9.66 Å². The van der Waals surface area contributed by atoms with E-state index in [1.807, 2.05) is 24.3 Å². The van der Waals surface area contributed by atoms with Gasteiger partial charge in [0.05, 0.1) is 22.6 Å². The van der Waals surface area contributed by atoms with Crippen molar-refractivity contribution in [3.8, 4) is 11.4 Å². The zero-order valence-electron chi connectivity index (χ0n) is 15.2. The largest absolute Gasteiger partial charge is 0.372 e. The first-order chi connectivity index (χ1) is 13.0. The molecule has 7 heteroatoms. The molecular formula is C20H20N4O3. The maximum atomic E-state index is 10.9. The number of anilines is 1. The summed E-state index contributed by atoms with van der Waals surface area (Å²) in [7, 11) is 0. The smallest absolute Gasteiger partial charge is 0.269 e. The molecule has 0 spiro atoms. The Labute approximate surface area is 156 Å². The lowest BCUT2D eigenvalue weighted by atomic mass is 10.1. The summed E-state index contributed by atoms with van der Waals surface area (Å²) in [5, 5.41) is 11.9. The molecule has 3 aromatic rings. The number of fused-ring (bicyclic) bond motifs is 1. The minimum atomic E-state index is -0.410. The Bertz CT molecular complexity index is 980. The van der Waals surface area contributed by atoms with E-state index < -0.39 is 4.92 Å². The van der Waals surface area contributed by atoms with Crippen LogP contribution in [0.5, 0.6) is 0 Å². The van der Waals surface area contributed by atoms with E-state index in [4.69, 9.17) is 9.72 Å². The molecule has 4 rings (SSSR count). The molecule has 2 aromatic carbocycles. The van der Waals surface area contributed by atoms with Crippen molar-refractivity contribution in [1.29, 1.82) is 0 Å². The van der Waals surface area contributed by atoms with Gasteiger partial charge in [0, 0.05) is 36.2 Å². The van der Waals surface area contributed by atoms with E-state index >= 15 is 0 Å². The van der Waals surface area contributed by atoms with Gasteiger partial charge in [-0.25, -0.2) is 9.97 Å². The van der Waals surface area contributed by atoms with Gasteiger partial charge in [-0.2, -0.15) is 0 Å². The van der Waals surface area contributed by atoms with Crippen LogP contribution in [-0.2, 0) is 4.74 Å². The number of nitrogens with zero attached hydrogens (tertiary/aromatic N) is 4. The number of hydrogen-bond acceptors (Lipinski definition) is 6. The molecule has 1 aliphatic rings. The Balaban J connectivity index is 1.82. The number of non-ortho nitro benzene ring substituents is 1. The normalized spacial score (nSPS) is 20.0. The Hall–Kier alpha value is -3.06. The summed E-state index contributed by atoms with van der Waals surface area (Å²) >= 11 is 0. The maximum Gasteiger partial charge on any atom is 0.269 e. The Kier molecular flexibility index (Phi) is 4.45. The van der Waals surface area contributed by atoms with Crippen LogP contribution in [0, 0.1) is 10.1 Å². The minimum Gasteiger partial charge on any atom is -0.372 e. The molecule has 1 aromatic heterocycles. The molecule has 138 valence electrons. The van der Waals surface area contributed by atoms with Gasteiger partial charge >= 0.3 is 0 Å². The van der Waals surface area contributed by atoms with Crippen LogP contribution in [0.3, 0.4) is 0 Å². The lowest BCUT2D eigenvalue weighted by molar-refractivity contribution is -0.384. The van der Waals surface area contributed by atoms with Gasteiger partial charge in [0.25, 0.3) is 5.69 Å². The van der Waals surface area contributed by atoms with Gasteiger partial charge in [-0.1, -0.05) is 12.1 Å². The second kappa shape index (κ2) is 6.92. The monoisotopic (exact) mass is 364 g/mol. The van der Waals surface area contributed by atoms with E-state index in [9.17, 15) is 10.1 Å². The molecule has 27 heavy (non-hydrogen) atoms. The highest BCUT2D eigenvalue weighted by Gasteiger charge is 2.25. The van der Waals surface area contributed by atoms with Crippen LogP contribution in [0.1, 0.15) is 13.8 Å². The van der Waals surface area contributed by atoms with Gasteiger partial charge in [0.1, 0.15) is 5.82 Å². The quantitative estimate of drug-likeness (QED) is 0.519. The summed E-state index contributed by atoms with van der Waals surface area (Å²) in [4.78, 5) is 22.2. The predicted molar refractivity (Wildman–Crippen MR) is 104 cm³/mol. The third kappa shape index (κ3) is 3.46. The Morgan fingerprint density at radius 2 is 1.70 bits per heavy atom. The minimum absolute atomic E-state index is 0.0515. The Morgan fingerprint density at radius 3 is 2.37 bits per heavy atom. The fourth-order valence-electron chi connectivity index (χ4n) is 3.51. The highest BCUT2D eigenvalue weighted by Crippen LogP contribution is 2.30. The van der Waals surface area contributed by atoms with Crippen molar-refractivity contribution in [1.82, 2.24) is 9.97 Å². The van der Waals surface area contributed by atoms with Crippen molar-refractivity contribution in [3.63, 3.8) is 0 Å². The molecule has 2 heterocycles. The highest BCUT2D eigenvalue weighted by atomic mass is 16.6. The summed E-state index contributed by atoms with van der Waals surface area (Å²) < 4.78 is 5.85. The number of aromatic nitrogens is 2. The second-order valence-electron chi connectivity index (χ2n) is 6.85. The van der Waals surface area contributed by atoms with Crippen molar-refractivity contribution in [3.05, 3.63) is 58.6 Å². The fourth-order valence-corrected chi connectivity index (χ4v) is 3.51. The van der Waals surface area contributed by atoms with Crippen LogP contribution in [-0.4, -0.2) is 40.2 Å². The van der Waals surface area contributed by atoms with E-state index in [0.717, 1.165) is 35.4 Å². The van der Waals surface area contributed by atoms with E-state index in [2.05, 4.69) is 23.7 Å². The summed E-state index contributed by atoms with van der Waals surface area (Å²) in [5.74, 6) is 1.43. The van der Waals surface area contributed by atoms with Crippen LogP contribution < -0.4 is 4.90 Å². The molecule has 2 unspecified atom stereocenters. The van der Waals surface area contributed by atoms with E-state index in [0.29, 0.717) is 5.82 Å². The first-order valence-electron chi connectivity index (χ1n) is 8.93. The van der Waals surface area contributed by atoms with Crippen LogP contribution in [0.15, 0.2) is 48.5 Å². The number of para-hydroxylation sites is 1. The molecule has 2 atom stereocenters. The van der Waals surface area contributed by atoms with Crippen molar-refractivity contribution >= 4 is 22.4 Å². The molecule has 7 nitrogen and oxygen atoms in total. The summed E-state index contributed by atoms with van der Waals surface area (Å²) in [5.41, 5.74) is 1.65. The number of hydrogen-bond donors (Lipinski definition) is 0. The standard InChI is InChI=1S/C20H20N4O3/c1-13-11-23(12-14(2)27-13)20-17-5-3-4-6-18(17)21-19(22-20)15-7-9-16(10-8-15)24(25)26/h3-10,13-14H,11-12H2,1-2H3. The summed E-state index contributed by atoms with van der Waals surface area (Å²) in [6.45, 7) is 5.63. The molecule has 0 radical (unpaired) electrons. The molecule has 1 saturated heterocycles. The van der Waals surface area contributed by atoms with Crippen LogP contribution in [0.4, 0.5) is 11.5 Å². The lowest BCUT2D eigenvalue weighted by Crippen LogP contribution is -2.46. The highest BCUT2D eigenvalue weighted by molar-refractivity contribution is 5.91. The van der Waals surface area contributed by atoms with Crippen LogP contribution in [0.25, 0.3) is 22.3 Å². The van der Waals surface area contributed by atoms with Crippen molar-refractivity contribution in [2.24, 2.45) is 0 Å². The topological polar surface area (TPSA) is 81.4 Å². The first kappa shape index (κ1) is 17.4. The van der Waals surface area contributed by atoms with Gasteiger partial charge in [-0.05, 0) is 38.1 Å². The molecule has 0 aliphatic carbocycles. The zero-order chi connectivity index (χ0) is 19.0. The van der Waals surface area contributed by atoms with Crippen LogP contribution in [0.2, 0.25) is 0 Å². The fraction of sp³-hybridized carbons (Fsp3) is 0.300. The van der Waals surface area contributed by atoms with Crippen molar-refractivity contribution in [2.75, 3.05) is 18.0 Å². The number of benzene rings is 2. The predicted octanol–water partition coefficient (Wildman–Crippen LogP) is 3.82. The first-order valence-corrected chi connectivity index (χ1v) is 8.93. The number of nitro groups is 1. The van der Waals surface area contributed by atoms with Gasteiger partial charge in [-0.15, -0.1) is 0 Å². The SMILES string of the molecule is CC1CN(c2nc(-c3ccc([N+](=O)[O-])cc3)nc3ccccc23)CC(C)O1. The van der Waals surface area contributed by atoms with Gasteiger partial charge in [0.2, 0.25) is 0 Å². The third-order valence-corrected chi connectivity index (χ3v) is 4.64. The van der Waals surface area contributed by atoms with Gasteiger partial charge in [-0.3, -0.25) is 10.1 Å². The second-order valence-corrected chi connectivity index (χ2v) is 6.85. The maximum absolute atomic E-state index is 10.9. The molecule has 1 aliphatic heterocycles. The van der Waals surface area contributed by atoms with E-state index in [1.54, 1.807) is 12.1 Å². The number of morpholine rings is 1.